The van der Waals surface area contributed by atoms with E-state index in [1.165, 1.54) is 6.07 Å². The molecule has 0 aromatic heterocycles. The smallest absolute Gasteiger partial charge is 0.163 e. The molecule has 0 spiro atoms. The maximum atomic E-state index is 14.1. The largest absolute Gasteiger partial charge is 0.306 e. The Morgan fingerprint density at radius 3 is 2.67 bits per heavy atom. The monoisotopic (exact) mass is 373 g/mol. The highest BCUT2D eigenvalue weighted by Crippen LogP contribution is 2.32. The summed E-state index contributed by atoms with van der Waals surface area (Å²) < 4.78 is 28.5. The third kappa shape index (κ3) is 3.82. The number of nitrogens with one attached hydrogen (secondary N) is 1. The van der Waals surface area contributed by atoms with Gasteiger partial charge in [-0.1, -0.05) is 46.6 Å². The van der Waals surface area contributed by atoms with Gasteiger partial charge in [-0.3, -0.25) is 0 Å². The fourth-order valence-corrected chi connectivity index (χ4v) is 2.76. The van der Waals surface area contributed by atoms with Gasteiger partial charge in [0.1, 0.15) is 0 Å². The fraction of sp³-hybridized carbons (Fsp3) is 0.250. The van der Waals surface area contributed by atoms with Gasteiger partial charge in [0.25, 0.3) is 0 Å². The van der Waals surface area contributed by atoms with Gasteiger partial charge in [0, 0.05) is 15.1 Å². The number of halogens is 4. The van der Waals surface area contributed by atoms with Crippen molar-refractivity contribution < 1.29 is 8.78 Å². The molecule has 0 aliphatic carbocycles. The topological polar surface area (TPSA) is 12.0 Å². The molecule has 0 bridgehead atoms. The second-order valence-electron chi connectivity index (χ2n) is 4.70. The first-order valence-corrected chi connectivity index (χ1v) is 7.84. The van der Waals surface area contributed by atoms with Gasteiger partial charge in [0.15, 0.2) is 11.6 Å². The van der Waals surface area contributed by atoms with Crippen LogP contribution in [0, 0.1) is 11.6 Å². The Bertz CT molecular complexity index is 632. The summed E-state index contributed by atoms with van der Waals surface area (Å²) in [6, 6.07) is 9.05. The molecule has 0 aliphatic heterocycles. The first-order valence-electron chi connectivity index (χ1n) is 6.66. The molecule has 0 saturated carbocycles. The molecule has 2 aromatic carbocycles. The fourth-order valence-electron chi connectivity index (χ4n) is 2.16. The van der Waals surface area contributed by atoms with Crippen LogP contribution in [0.4, 0.5) is 8.78 Å². The van der Waals surface area contributed by atoms with Crippen LogP contribution in [0.15, 0.2) is 40.9 Å². The first-order chi connectivity index (χ1) is 10.0. The Morgan fingerprint density at radius 2 is 1.95 bits per heavy atom. The molecule has 1 nitrogen and oxygen atoms in total. The standard InChI is InChI=1S/C16H15BrClF2N/c1-2-8-21-16(11-4-3-5-14(19)15(11)20)12-9-10(17)6-7-13(12)18/h3-7,9,16,21H,2,8H2,1H3. The summed E-state index contributed by atoms with van der Waals surface area (Å²) in [7, 11) is 0. The van der Waals surface area contributed by atoms with Crippen molar-refractivity contribution >= 4 is 27.5 Å². The van der Waals surface area contributed by atoms with E-state index in [2.05, 4.69) is 21.2 Å². The van der Waals surface area contributed by atoms with Crippen molar-refractivity contribution in [2.45, 2.75) is 19.4 Å². The molecule has 0 heterocycles. The van der Waals surface area contributed by atoms with Crippen molar-refractivity contribution in [2.75, 3.05) is 6.54 Å². The highest BCUT2D eigenvalue weighted by Gasteiger charge is 2.21. The summed E-state index contributed by atoms with van der Waals surface area (Å²) in [6.45, 7) is 2.68. The summed E-state index contributed by atoms with van der Waals surface area (Å²) in [5, 5.41) is 3.74. The molecule has 1 N–H and O–H groups in total. The van der Waals surface area contributed by atoms with E-state index < -0.39 is 17.7 Å². The van der Waals surface area contributed by atoms with Gasteiger partial charge in [-0.05, 0) is 42.8 Å². The van der Waals surface area contributed by atoms with Gasteiger partial charge >= 0.3 is 0 Å². The molecule has 0 aliphatic rings. The van der Waals surface area contributed by atoms with Crippen LogP contribution in [0.25, 0.3) is 0 Å². The molecule has 0 amide bonds. The Balaban J connectivity index is 2.52. The molecule has 0 saturated heterocycles. The van der Waals surface area contributed by atoms with Crippen molar-refractivity contribution in [3.05, 3.63) is 68.7 Å². The van der Waals surface area contributed by atoms with Crippen LogP contribution >= 0.6 is 27.5 Å². The van der Waals surface area contributed by atoms with Crippen molar-refractivity contribution in [3.63, 3.8) is 0 Å². The zero-order valence-corrected chi connectivity index (χ0v) is 13.8. The van der Waals surface area contributed by atoms with Crippen LogP contribution in [0.2, 0.25) is 5.02 Å². The minimum absolute atomic E-state index is 0.253. The lowest BCUT2D eigenvalue weighted by molar-refractivity contribution is 0.480. The molecule has 5 heteroatoms. The van der Waals surface area contributed by atoms with Crippen LogP contribution in [-0.4, -0.2) is 6.54 Å². The van der Waals surface area contributed by atoms with Gasteiger partial charge in [-0.15, -0.1) is 0 Å². The zero-order valence-electron chi connectivity index (χ0n) is 11.5. The van der Waals surface area contributed by atoms with Crippen LogP contribution in [0.1, 0.15) is 30.5 Å². The molecule has 112 valence electrons. The van der Waals surface area contributed by atoms with E-state index in [-0.39, 0.29) is 5.56 Å². The summed E-state index contributed by atoms with van der Waals surface area (Å²) in [5.74, 6) is -1.70. The minimum atomic E-state index is -0.859. The predicted molar refractivity (Wildman–Crippen MR) is 85.6 cm³/mol. The normalized spacial score (nSPS) is 12.4. The Labute approximate surface area is 136 Å². The predicted octanol–water partition coefficient (Wildman–Crippen LogP) is 5.47. The number of rotatable bonds is 5. The molecule has 1 unspecified atom stereocenters. The van der Waals surface area contributed by atoms with E-state index in [1.54, 1.807) is 12.1 Å². The van der Waals surface area contributed by atoms with Crippen LogP contribution in [-0.2, 0) is 0 Å². The second kappa shape index (κ2) is 7.34. The van der Waals surface area contributed by atoms with E-state index in [1.807, 2.05) is 19.1 Å². The quantitative estimate of drug-likeness (QED) is 0.732. The Kier molecular flexibility index (Phi) is 5.73. The molecule has 0 fully saturated rings. The number of hydrogen-bond donors (Lipinski definition) is 1. The van der Waals surface area contributed by atoms with E-state index in [0.717, 1.165) is 17.0 Å². The van der Waals surface area contributed by atoms with Crippen LogP contribution in [0.3, 0.4) is 0 Å². The van der Waals surface area contributed by atoms with Crippen LogP contribution in [0.5, 0.6) is 0 Å². The summed E-state index contributed by atoms with van der Waals surface area (Å²) >= 11 is 9.62. The van der Waals surface area contributed by atoms with Crippen molar-refractivity contribution in [1.82, 2.24) is 5.32 Å². The lowest BCUT2D eigenvalue weighted by atomic mass is 9.97. The molecule has 2 rings (SSSR count). The van der Waals surface area contributed by atoms with Gasteiger partial charge in [0.05, 0.1) is 6.04 Å². The van der Waals surface area contributed by atoms with E-state index in [9.17, 15) is 8.78 Å². The maximum absolute atomic E-state index is 14.1. The number of hydrogen-bond acceptors (Lipinski definition) is 1. The van der Waals surface area contributed by atoms with Crippen molar-refractivity contribution in [1.29, 1.82) is 0 Å². The molecular formula is C16H15BrClF2N. The SMILES string of the molecule is CCCNC(c1cc(Br)ccc1Cl)c1cccc(F)c1F. The summed E-state index contributed by atoms with van der Waals surface area (Å²) in [4.78, 5) is 0. The molecule has 0 radical (unpaired) electrons. The van der Waals surface area contributed by atoms with Gasteiger partial charge < -0.3 is 5.32 Å². The second-order valence-corrected chi connectivity index (χ2v) is 6.02. The molecule has 2 aromatic rings. The molecular weight excluding hydrogens is 360 g/mol. The highest BCUT2D eigenvalue weighted by molar-refractivity contribution is 9.10. The van der Waals surface area contributed by atoms with Crippen molar-refractivity contribution in [2.24, 2.45) is 0 Å². The maximum Gasteiger partial charge on any atom is 0.163 e. The van der Waals surface area contributed by atoms with Gasteiger partial charge in [-0.2, -0.15) is 0 Å². The number of benzene rings is 2. The Hall–Kier alpha value is -0.970. The van der Waals surface area contributed by atoms with Gasteiger partial charge in [-0.25, -0.2) is 8.78 Å². The molecule has 21 heavy (non-hydrogen) atoms. The van der Waals surface area contributed by atoms with Gasteiger partial charge in [0.2, 0.25) is 0 Å². The van der Waals surface area contributed by atoms with Crippen molar-refractivity contribution in [3.8, 4) is 0 Å². The summed E-state index contributed by atoms with van der Waals surface area (Å²) in [5.41, 5.74) is 0.965. The third-order valence-electron chi connectivity index (χ3n) is 3.16. The first kappa shape index (κ1) is 16.4. The minimum Gasteiger partial charge on any atom is -0.306 e. The van der Waals surface area contributed by atoms with E-state index in [0.29, 0.717) is 17.1 Å². The summed E-state index contributed by atoms with van der Waals surface area (Å²) in [6.07, 6.45) is 0.874. The lowest BCUT2D eigenvalue weighted by Crippen LogP contribution is -2.24. The average Bonchev–Trinajstić information content (AvgIpc) is 2.47. The van der Waals surface area contributed by atoms with E-state index in [4.69, 9.17) is 11.6 Å². The van der Waals surface area contributed by atoms with Crippen LogP contribution < -0.4 is 5.32 Å². The molecule has 1 atom stereocenters. The highest BCUT2D eigenvalue weighted by atomic mass is 79.9. The third-order valence-corrected chi connectivity index (χ3v) is 4.00. The lowest BCUT2D eigenvalue weighted by Gasteiger charge is -2.21. The van der Waals surface area contributed by atoms with E-state index >= 15 is 0 Å². The Morgan fingerprint density at radius 1 is 1.19 bits per heavy atom. The average molecular weight is 375 g/mol. The zero-order chi connectivity index (χ0) is 15.4.